The van der Waals surface area contributed by atoms with Crippen LogP contribution in [0, 0.1) is 0 Å². The minimum absolute atomic E-state index is 0.493. The summed E-state index contributed by atoms with van der Waals surface area (Å²) in [5, 5.41) is 2.95. The summed E-state index contributed by atoms with van der Waals surface area (Å²) in [6.07, 6.45) is 2.06. The molecular weight excluding hydrogens is 327 g/mol. The average molecular weight is 340 g/mol. The van der Waals surface area contributed by atoms with Gasteiger partial charge in [0.2, 0.25) is 0 Å². The summed E-state index contributed by atoms with van der Waals surface area (Å²) in [6.45, 7) is 1.18. The van der Waals surface area contributed by atoms with Gasteiger partial charge in [0.25, 0.3) is 0 Å². The smallest absolute Gasteiger partial charge is 0.0595 e. The quantitative estimate of drug-likeness (QED) is 0.706. The Morgan fingerprint density at radius 1 is 0.952 bits per heavy atom. The van der Waals surface area contributed by atoms with Crippen LogP contribution in [0.1, 0.15) is 11.1 Å². The lowest BCUT2D eigenvalue weighted by atomic mass is 10.2. The zero-order valence-corrected chi connectivity index (χ0v) is 13.4. The fourth-order valence-corrected chi connectivity index (χ4v) is 2.96. The minimum atomic E-state index is 0.493. The summed E-state index contributed by atoms with van der Waals surface area (Å²) in [6, 6.07) is 11.5. The fourth-order valence-electron chi connectivity index (χ4n) is 2.47. The molecule has 0 unspecified atom stereocenters. The van der Waals surface area contributed by atoms with Gasteiger partial charge in [-0.25, -0.2) is 0 Å². The van der Waals surface area contributed by atoms with Crippen LogP contribution in [-0.4, -0.2) is 4.57 Å². The Morgan fingerprint density at radius 2 is 1.76 bits per heavy atom. The van der Waals surface area contributed by atoms with Crippen LogP contribution in [0.25, 0.3) is 10.9 Å². The van der Waals surface area contributed by atoms with E-state index in [-0.39, 0.29) is 0 Å². The molecule has 21 heavy (non-hydrogen) atoms. The molecule has 2 aromatic carbocycles. The minimum Gasteiger partial charge on any atom is -0.343 e. The summed E-state index contributed by atoms with van der Waals surface area (Å²) < 4.78 is 2.13. The molecule has 108 valence electrons. The summed E-state index contributed by atoms with van der Waals surface area (Å²) in [5.74, 6) is 0. The van der Waals surface area contributed by atoms with E-state index in [1.54, 1.807) is 0 Å². The van der Waals surface area contributed by atoms with Gasteiger partial charge >= 0.3 is 0 Å². The highest BCUT2D eigenvalue weighted by molar-refractivity contribution is 6.42. The zero-order valence-electron chi connectivity index (χ0n) is 11.1. The lowest BCUT2D eigenvalue weighted by Crippen LogP contribution is -1.98. The van der Waals surface area contributed by atoms with Crippen molar-refractivity contribution in [2.45, 2.75) is 13.1 Å². The zero-order chi connectivity index (χ0) is 15.0. The molecule has 0 saturated carbocycles. The van der Waals surface area contributed by atoms with Crippen molar-refractivity contribution < 1.29 is 0 Å². The van der Waals surface area contributed by atoms with E-state index in [1.165, 1.54) is 0 Å². The van der Waals surface area contributed by atoms with Gasteiger partial charge in [0.05, 0.1) is 15.6 Å². The van der Waals surface area contributed by atoms with E-state index in [2.05, 4.69) is 10.8 Å². The number of aromatic nitrogens is 1. The van der Waals surface area contributed by atoms with E-state index in [0.29, 0.717) is 28.2 Å². The third-order valence-corrected chi connectivity index (χ3v) is 4.46. The molecule has 1 heterocycles. The molecule has 0 spiro atoms. The van der Waals surface area contributed by atoms with Crippen LogP contribution in [0.2, 0.25) is 15.1 Å². The molecule has 0 atom stereocenters. The lowest BCUT2D eigenvalue weighted by Gasteiger charge is -2.07. The van der Waals surface area contributed by atoms with Gasteiger partial charge in [0.15, 0.2) is 0 Å². The molecule has 3 rings (SSSR count). The molecule has 0 bridgehead atoms. The lowest BCUT2D eigenvalue weighted by molar-refractivity contribution is 0.829. The van der Waals surface area contributed by atoms with Crippen molar-refractivity contribution in [1.82, 2.24) is 4.57 Å². The Kier molecular flexibility index (Phi) is 4.14. The van der Waals surface area contributed by atoms with E-state index in [4.69, 9.17) is 40.5 Å². The summed E-state index contributed by atoms with van der Waals surface area (Å²) in [4.78, 5) is 0. The Morgan fingerprint density at radius 3 is 2.48 bits per heavy atom. The Balaban J connectivity index is 2.07. The van der Waals surface area contributed by atoms with Crippen molar-refractivity contribution in [1.29, 1.82) is 0 Å². The van der Waals surface area contributed by atoms with Crippen LogP contribution in [0.15, 0.2) is 42.6 Å². The van der Waals surface area contributed by atoms with Gasteiger partial charge in [-0.1, -0.05) is 46.9 Å². The number of fused-ring (bicyclic) bond motifs is 1. The van der Waals surface area contributed by atoms with Gasteiger partial charge in [0.1, 0.15) is 0 Å². The Hall–Kier alpha value is -1.19. The number of hydrogen-bond donors (Lipinski definition) is 1. The van der Waals surface area contributed by atoms with Gasteiger partial charge in [-0.15, -0.1) is 0 Å². The van der Waals surface area contributed by atoms with Crippen molar-refractivity contribution >= 4 is 45.7 Å². The van der Waals surface area contributed by atoms with Crippen molar-refractivity contribution in [2.24, 2.45) is 5.73 Å². The first-order valence-electron chi connectivity index (χ1n) is 6.50. The molecule has 0 aliphatic carbocycles. The maximum absolute atomic E-state index is 6.11. The summed E-state index contributed by atoms with van der Waals surface area (Å²) >= 11 is 18.1. The predicted octanol–water partition coefficient (Wildman–Crippen LogP) is 5.11. The number of halogens is 3. The van der Waals surface area contributed by atoms with E-state index < -0.39 is 0 Å². The second kappa shape index (κ2) is 5.90. The molecule has 0 aliphatic heterocycles. The van der Waals surface area contributed by atoms with Crippen molar-refractivity contribution in [3.05, 3.63) is 68.8 Å². The maximum atomic E-state index is 6.11. The van der Waals surface area contributed by atoms with Gasteiger partial charge < -0.3 is 10.3 Å². The highest BCUT2D eigenvalue weighted by Gasteiger charge is 2.09. The number of nitrogens with two attached hydrogens (primary N) is 1. The third kappa shape index (κ3) is 2.90. The normalized spacial score (nSPS) is 11.2. The van der Waals surface area contributed by atoms with E-state index in [0.717, 1.165) is 22.0 Å². The van der Waals surface area contributed by atoms with Gasteiger partial charge in [-0.05, 0) is 35.4 Å². The van der Waals surface area contributed by atoms with Crippen LogP contribution >= 0.6 is 34.8 Å². The van der Waals surface area contributed by atoms with Crippen LogP contribution in [0.5, 0.6) is 0 Å². The topological polar surface area (TPSA) is 30.9 Å². The van der Waals surface area contributed by atoms with Crippen molar-refractivity contribution in [3.63, 3.8) is 0 Å². The average Bonchev–Trinajstić information content (AvgIpc) is 2.80. The predicted molar refractivity (Wildman–Crippen MR) is 90.4 cm³/mol. The number of benzene rings is 2. The highest BCUT2D eigenvalue weighted by atomic mass is 35.5. The molecule has 0 radical (unpaired) electrons. The molecule has 2 nitrogen and oxygen atoms in total. The van der Waals surface area contributed by atoms with Crippen molar-refractivity contribution in [2.75, 3.05) is 0 Å². The second-order valence-corrected chi connectivity index (χ2v) is 6.15. The van der Waals surface area contributed by atoms with E-state index in [1.807, 2.05) is 36.4 Å². The van der Waals surface area contributed by atoms with Crippen LogP contribution < -0.4 is 5.73 Å². The molecule has 1 aromatic heterocycles. The fraction of sp³-hybridized carbons (Fsp3) is 0.125. The monoisotopic (exact) mass is 338 g/mol. The second-order valence-electron chi connectivity index (χ2n) is 4.90. The highest BCUT2D eigenvalue weighted by Crippen LogP contribution is 2.27. The molecule has 0 aliphatic rings. The van der Waals surface area contributed by atoms with Crippen LogP contribution in [0.3, 0.4) is 0 Å². The number of nitrogens with zero attached hydrogens (tertiary/aromatic N) is 1. The van der Waals surface area contributed by atoms with E-state index in [9.17, 15) is 0 Å². The largest absolute Gasteiger partial charge is 0.343 e. The SMILES string of the molecule is NCc1cn(Cc2ccc(Cl)c(Cl)c2)c2cc(Cl)ccc12. The van der Waals surface area contributed by atoms with Gasteiger partial charge in [-0.2, -0.15) is 0 Å². The Labute approximate surface area is 138 Å². The summed E-state index contributed by atoms with van der Waals surface area (Å²) in [7, 11) is 0. The molecule has 5 heteroatoms. The Bertz CT molecular complexity index is 809. The first-order chi connectivity index (χ1) is 10.1. The molecular formula is C16H13Cl3N2. The van der Waals surface area contributed by atoms with E-state index >= 15 is 0 Å². The van der Waals surface area contributed by atoms with Gasteiger partial charge in [0, 0.05) is 29.7 Å². The van der Waals surface area contributed by atoms with Crippen LogP contribution in [-0.2, 0) is 13.1 Å². The number of hydrogen-bond acceptors (Lipinski definition) is 1. The standard InChI is InChI=1S/C16H13Cl3N2/c17-12-2-3-13-11(7-20)9-21(16(13)6-12)8-10-1-4-14(18)15(19)5-10/h1-6,9H,7-8,20H2. The molecule has 0 amide bonds. The van der Waals surface area contributed by atoms with Gasteiger partial charge in [-0.3, -0.25) is 0 Å². The molecule has 2 N–H and O–H groups in total. The molecule has 0 fully saturated rings. The molecule has 0 saturated heterocycles. The first-order valence-corrected chi connectivity index (χ1v) is 7.63. The molecule has 3 aromatic rings. The van der Waals surface area contributed by atoms with Crippen molar-refractivity contribution in [3.8, 4) is 0 Å². The first kappa shape index (κ1) is 14.7. The summed E-state index contributed by atoms with van der Waals surface area (Å²) in [5.41, 5.74) is 9.06. The number of rotatable bonds is 3. The third-order valence-electron chi connectivity index (χ3n) is 3.48. The van der Waals surface area contributed by atoms with Crippen LogP contribution in [0.4, 0.5) is 0 Å². The maximum Gasteiger partial charge on any atom is 0.0595 e.